The van der Waals surface area contributed by atoms with E-state index in [1.54, 1.807) is 12.1 Å². The molecule has 2 heterocycles. The molecule has 2 aromatic rings. The van der Waals surface area contributed by atoms with E-state index in [9.17, 15) is 4.79 Å². The number of halogens is 1. The summed E-state index contributed by atoms with van der Waals surface area (Å²) in [4.78, 5) is 16.6. The van der Waals surface area contributed by atoms with Crippen LogP contribution in [0.1, 0.15) is 35.9 Å². The van der Waals surface area contributed by atoms with Crippen molar-refractivity contribution in [3.8, 4) is 11.5 Å². The van der Waals surface area contributed by atoms with Gasteiger partial charge in [-0.15, -0.1) is 0 Å². The third-order valence-corrected chi connectivity index (χ3v) is 4.07. The minimum absolute atomic E-state index is 0.172. The molecule has 3 rings (SSSR count). The van der Waals surface area contributed by atoms with Crippen LogP contribution >= 0.6 is 11.6 Å². The SMILES string of the molecule is CC(C)C(NC(=O)c1cc(Cl)ccn1)c1ccc2c(c1)OCCO2. The van der Waals surface area contributed by atoms with Crippen molar-refractivity contribution in [1.82, 2.24) is 10.3 Å². The van der Waals surface area contributed by atoms with Gasteiger partial charge in [0.1, 0.15) is 18.9 Å². The normalized spacial score (nSPS) is 14.3. The maximum atomic E-state index is 12.5. The van der Waals surface area contributed by atoms with Gasteiger partial charge < -0.3 is 14.8 Å². The van der Waals surface area contributed by atoms with E-state index < -0.39 is 0 Å². The quantitative estimate of drug-likeness (QED) is 0.918. The molecule has 1 amide bonds. The van der Waals surface area contributed by atoms with Crippen LogP contribution in [0.15, 0.2) is 36.5 Å². The first-order chi connectivity index (χ1) is 11.5. The Balaban J connectivity index is 1.83. The first-order valence-corrected chi connectivity index (χ1v) is 8.24. The number of aromatic nitrogens is 1. The van der Waals surface area contributed by atoms with Crippen molar-refractivity contribution in [2.75, 3.05) is 13.2 Å². The number of amides is 1. The van der Waals surface area contributed by atoms with E-state index in [2.05, 4.69) is 10.3 Å². The number of pyridine rings is 1. The molecule has 1 aliphatic heterocycles. The van der Waals surface area contributed by atoms with Crippen LogP contribution < -0.4 is 14.8 Å². The van der Waals surface area contributed by atoms with Crippen molar-refractivity contribution in [2.45, 2.75) is 19.9 Å². The third kappa shape index (κ3) is 3.62. The number of nitrogens with one attached hydrogen (secondary N) is 1. The van der Waals surface area contributed by atoms with Crippen molar-refractivity contribution in [2.24, 2.45) is 5.92 Å². The zero-order chi connectivity index (χ0) is 17.1. The summed E-state index contributed by atoms with van der Waals surface area (Å²) in [6.07, 6.45) is 1.52. The number of carbonyl (C=O) groups excluding carboxylic acids is 1. The Hall–Kier alpha value is -2.27. The summed E-state index contributed by atoms with van der Waals surface area (Å²) in [7, 11) is 0. The minimum atomic E-state index is -0.258. The number of rotatable bonds is 4. The number of benzene rings is 1. The summed E-state index contributed by atoms with van der Waals surface area (Å²) < 4.78 is 11.2. The molecule has 1 aromatic carbocycles. The lowest BCUT2D eigenvalue weighted by Crippen LogP contribution is -2.32. The molecule has 1 unspecified atom stereocenters. The average Bonchev–Trinajstić information content (AvgIpc) is 2.58. The fraction of sp³-hybridized carbons (Fsp3) is 0.333. The fourth-order valence-electron chi connectivity index (χ4n) is 2.63. The van der Waals surface area contributed by atoms with Gasteiger partial charge in [0, 0.05) is 11.2 Å². The van der Waals surface area contributed by atoms with E-state index in [1.165, 1.54) is 6.20 Å². The van der Waals surface area contributed by atoms with Crippen LogP contribution in [0.3, 0.4) is 0 Å². The zero-order valence-electron chi connectivity index (χ0n) is 13.6. The van der Waals surface area contributed by atoms with E-state index >= 15 is 0 Å². The van der Waals surface area contributed by atoms with Gasteiger partial charge in [0.25, 0.3) is 5.91 Å². The Morgan fingerprint density at radius 3 is 2.62 bits per heavy atom. The van der Waals surface area contributed by atoms with Gasteiger partial charge in [-0.2, -0.15) is 0 Å². The Morgan fingerprint density at radius 1 is 1.17 bits per heavy atom. The number of nitrogens with zero attached hydrogens (tertiary/aromatic N) is 1. The van der Waals surface area contributed by atoms with Gasteiger partial charge in [-0.1, -0.05) is 31.5 Å². The van der Waals surface area contributed by atoms with Crippen LogP contribution in [0.2, 0.25) is 5.02 Å². The largest absolute Gasteiger partial charge is 0.486 e. The number of fused-ring (bicyclic) bond motifs is 1. The minimum Gasteiger partial charge on any atom is -0.486 e. The number of hydrogen-bond acceptors (Lipinski definition) is 4. The maximum Gasteiger partial charge on any atom is 0.270 e. The topological polar surface area (TPSA) is 60.5 Å². The highest BCUT2D eigenvalue weighted by Crippen LogP contribution is 2.34. The summed E-state index contributed by atoms with van der Waals surface area (Å²) in [5.41, 5.74) is 1.26. The smallest absolute Gasteiger partial charge is 0.270 e. The standard InChI is InChI=1S/C18H19ClN2O3/c1-11(2)17(21-18(22)14-10-13(19)5-6-20-14)12-3-4-15-16(9-12)24-8-7-23-15/h3-6,9-11,17H,7-8H2,1-2H3,(H,21,22). The number of ether oxygens (including phenoxy) is 2. The fourth-order valence-corrected chi connectivity index (χ4v) is 2.79. The summed E-state index contributed by atoms with van der Waals surface area (Å²) in [5.74, 6) is 1.37. The maximum absolute atomic E-state index is 12.5. The highest BCUT2D eigenvalue weighted by molar-refractivity contribution is 6.30. The van der Waals surface area contributed by atoms with E-state index in [-0.39, 0.29) is 17.9 Å². The molecule has 1 aromatic heterocycles. The Labute approximate surface area is 145 Å². The van der Waals surface area contributed by atoms with Gasteiger partial charge >= 0.3 is 0 Å². The molecule has 24 heavy (non-hydrogen) atoms. The average molecular weight is 347 g/mol. The number of hydrogen-bond donors (Lipinski definition) is 1. The van der Waals surface area contributed by atoms with E-state index in [1.807, 2.05) is 32.0 Å². The Morgan fingerprint density at radius 2 is 1.92 bits per heavy atom. The summed E-state index contributed by atoms with van der Waals surface area (Å²) in [5, 5.41) is 3.51. The first kappa shape index (κ1) is 16.6. The van der Waals surface area contributed by atoms with Crippen LogP contribution in [0.5, 0.6) is 11.5 Å². The van der Waals surface area contributed by atoms with E-state index in [4.69, 9.17) is 21.1 Å². The molecule has 6 heteroatoms. The predicted octanol–water partition coefficient (Wildman–Crippen LogP) is 3.63. The summed E-state index contributed by atoms with van der Waals surface area (Å²) >= 11 is 5.93. The lowest BCUT2D eigenvalue weighted by Gasteiger charge is -2.25. The predicted molar refractivity (Wildman–Crippen MR) is 91.7 cm³/mol. The molecule has 0 bridgehead atoms. The van der Waals surface area contributed by atoms with E-state index in [0.717, 1.165) is 11.3 Å². The second kappa shape index (κ2) is 7.09. The van der Waals surface area contributed by atoms with Gasteiger partial charge in [-0.25, -0.2) is 0 Å². The lowest BCUT2D eigenvalue weighted by atomic mass is 9.95. The molecule has 1 N–H and O–H groups in total. The molecule has 0 saturated carbocycles. The molecule has 0 saturated heterocycles. The van der Waals surface area contributed by atoms with Crippen molar-refractivity contribution < 1.29 is 14.3 Å². The second-order valence-corrected chi connectivity index (χ2v) is 6.39. The second-order valence-electron chi connectivity index (χ2n) is 5.96. The van der Waals surface area contributed by atoms with Crippen molar-refractivity contribution in [3.63, 3.8) is 0 Å². The van der Waals surface area contributed by atoms with Crippen LogP contribution in [-0.2, 0) is 0 Å². The zero-order valence-corrected chi connectivity index (χ0v) is 14.3. The van der Waals surface area contributed by atoms with Gasteiger partial charge in [0.15, 0.2) is 11.5 Å². The molecule has 126 valence electrons. The first-order valence-electron chi connectivity index (χ1n) is 7.86. The molecule has 1 aliphatic rings. The lowest BCUT2D eigenvalue weighted by molar-refractivity contribution is 0.0920. The highest BCUT2D eigenvalue weighted by Gasteiger charge is 2.22. The van der Waals surface area contributed by atoms with Crippen molar-refractivity contribution in [1.29, 1.82) is 0 Å². The molecule has 0 radical (unpaired) electrons. The number of carbonyl (C=O) groups is 1. The molecule has 0 spiro atoms. The van der Waals surface area contributed by atoms with Crippen LogP contribution in [0.4, 0.5) is 0 Å². The van der Waals surface area contributed by atoms with Crippen molar-refractivity contribution in [3.05, 3.63) is 52.8 Å². The van der Waals surface area contributed by atoms with Gasteiger partial charge in [0.05, 0.1) is 6.04 Å². The summed E-state index contributed by atoms with van der Waals surface area (Å²) in [6.45, 7) is 5.18. The molecular formula is C18H19ClN2O3. The van der Waals surface area contributed by atoms with Crippen LogP contribution in [0, 0.1) is 5.92 Å². The van der Waals surface area contributed by atoms with Gasteiger partial charge in [0.2, 0.25) is 0 Å². The van der Waals surface area contributed by atoms with Crippen LogP contribution in [-0.4, -0.2) is 24.1 Å². The van der Waals surface area contributed by atoms with Gasteiger partial charge in [-0.05, 0) is 35.7 Å². The van der Waals surface area contributed by atoms with Crippen molar-refractivity contribution >= 4 is 17.5 Å². The van der Waals surface area contributed by atoms with Gasteiger partial charge in [-0.3, -0.25) is 9.78 Å². The van der Waals surface area contributed by atoms with Crippen LogP contribution in [0.25, 0.3) is 0 Å². The third-order valence-electron chi connectivity index (χ3n) is 3.83. The van der Waals surface area contributed by atoms with E-state index in [0.29, 0.717) is 29.7 Å². The molecule has 5 nitrogen and oxygen atoms in total. The molecule has 1 atom stereocenters. The highest BCUT2D eigenvalue weighted by atomic mass is 35.5. The monoisotopic (exact) mass is 346 g/mol. The molecule has 0 fully saturated rings. The molecule has 0 aliphatic carbocycles. The summed E-state index contributed by atoms with van der Waals surface area (Å²) in [6, 6.07) is 8.77. The molecular weight excluding hydrogens is 328 g/mol. The Bertz CT molecular complexity index is 749. The Kier molecular flexibility index (Phi) is 4.90.